The summed E-state index contributed by atoms with van der Waals surface area (Å²) in [5.74, 6) is -1.38. The maximum atomic E-state index is 13.2. The number of amides is 2. The van der Waals surface area contributed by atoms with Gasteiger partial charge in [-0.05, 0) is 42.3 Å². The summed E-state index contributed by atoms with van der Waals surface area (Å²) in [6.45, 7) is 3.77. The molecule has 3 aromatic heterocycles. The second-order valence-corrected chi connectivity index (χ2v) is 8.47. The van der Waals surface area contributed by atoms with E-state index in [2.05, 4.69) is 25.7 Å². The molecule has 0 unspecified atom stereocenters. The predicted octanol–water partition coefficient (Wildman–Crippen LogP) is 3.30. The van der Waals surface area contributed by atoms with Crippen LogP contribution in [0.3, 0.4) is 0 Å². The first-order valence-corrected chi connectivity index (χ1v) is 11.4. The number of carbonyl (C=O) groups is 3. The average Bonchev–Trinajstić information content (AvgIpc) is 3.51. The molecule has 0 spiro atoms. The third-order valence-electron chi connectivity index (χ3n) is 5.84. The van der Waals surface area contributed by atoms with Gasteiger partial charge in [0.15, 0.2) is 17.1 Å². The fourth-order valence-corrected chi connectivity index (χ4v) is 3.93. The third kappa shape index (κ3) is 4.87. The quantitative estimate of drug-likeness (QED) is 0.309. The zero-order chi connectivity index (χ0) is 26.1. The molecule has 3 N–H and O–H groups in total. The number of hydrogen-bond acceptors (Lipinski definition) is 7. The van der Waals surface area contributed by atoms with E-state index in [0.29, 0.717) is 22.6 Å². The zero-order valence-corrected chi connectivity index (χ0v) is 19.9. The SMILES string of the molecule is Cc1nc2cc(CNC(=O)c3cc(C(=O)N[C@@H](C)c4ccc(C(=O)O)cc4)n4nccc4n3)ccc2o1. The van der Waals surface area contributed by atoms with Gasteiger partial charge >= 0.3 is 5.97 Å². The van der Waals surface area contributed by atoms with Crippen molar-refractivity contribution in [3.63, 3.8) is 0 Å². The molecule has 0 bridgehead atoms. The van der Waals surface area contributed by atoms with Crippen molar-refractivity contribution in [1.29, 1.82) is 0 Å². The average molecular weight is 498 g/mol. The molecule has 186 valence electrons. The highest BCUT2D eigenvalue weighted by Crippen LogP contribution is 2.18. The summed E-state index contributed by atoms with van der Waals surface area (Å²) in [4.78, 5) is 45.8. The first kappa shape index (κ1) is 23.7. The summed E-state index contributed by atoms with van der Waals surface area (Å²) in [5, 5.41) is 18.9. The van der Waals surface area contributed by atoms with E-state index in [9.17, 15) is 14.4 Å². The van der Waals surface area contributed by atoms with Crippen molar-refractivity contribution in [2.24, 2.45) is 0 Å². The fourth-order valence-electron chi connectivity index (χ4n) is 3.93. The molecule has 0 fully saturated rings. The number of aromatic carboxylic acids is 1. The van der Waals surface area contributed by atoms with Gasteiger partial charge in [0.2, 0.25) is 0 Å². The normalized spacial score (nSPS) is 11.9. The van der Waals surface area contributed by atoms with Crippen LogP contribution in [0.25, 0.3) is 16.7 Å². The number of fused-ring (bicyclic) bond motifs is 2. The van der Waals surface area contributed by atoms with Crippen LogP contribution >= 0.6 is 0 Å². The predicted molar refractivity (Wildman–Crippen MR) is 132 cm³/mol. The molecule has 11 heteroatoms. The van der Waals surface area contributed by atoms with E-state index in [1.165, 1.54) is 28.9 Å². The molecule has 0 saturated heterocycles. The Morgan fingerprint density at radius 1 is 1.03 bits per heavy atom. The van der Waals surface area contributed by atoms with Crippen LogP contribution in [-0.4, -0.2) is 42.5 Å². The van der Waals surface area contributed by atoms with Crippen LogP contribution in [0.5, 0.6) is 0 Å². The largest absolute Gasteiger partial charge is 0.478 e. The highest BCUT2D eigenvalue weighted by molar-refractivity contribution is 5.98. The maximum Gasteiger partial charge on any atom is 0.335 e. The molecule has 2 aromatic carbocycles. The molecular formula is C26H22N6O5. The number of carboxylic acids is 1. The molecular weight excluding hydrogens is 476 g/mol. The molecule has 0 aliphatic carbocycles. The van der Waals surface area contributed by atoms with Gasteiger partial charge in [0, 0.05) is 25.6 Å². The van der Waals surface area contributed by atoms with Gasteiger partial charge in [0.25, 0.3) is 11.8 Å². The molecule has 0 aliphatic heterocycles. The Labute approximate surface area is 210 Å². The van der Waals surface area contributed by atoms with Gasteiger partial charge in [-0.15, -0.1) is 0 Å². The van der Waals surface area contributed by atoms with Crippen molar-refractivity contribution in [1.82, 2.24) is 30.2 Å². The molecule has 5 aromatic rings. The van der Waals surface area contributed by atoms with E-state index >= 15 is 0 Å². The van der Waals surface area contributed by atoms with Crippen LogP contribution < -0.4 is 10.6 Å². The summed E-state index contributed by atoms with van der Waals surface area (Å²) in [5.41, 5.74) is 3.62. The number of rotatable bonds is 7. The molecule has 2 amide bonds. The molecule has 3 heterocycles. The van der Waals surface area contributed by atoms with Crippen molar-refractivity contribution < 1.29 is 23.9 Å². The molecule has 11 nitrogen and oxygen atoms in total. The van der Waals surface area contributed by atoms with E-state index in [1.807, 2.05) is 12.1 Å². The van der Waals surface area contributed by atoms with Crippen molar-refractivity contribution in [2.45, 2.75) is 26.4 Å². The third-order valence-corrected chi connectivity index (χ3v) is 5.84. The second kappa shape index (κ2) is 9.53. The number of carboxylic acid groups (broad SMARTS) is 1. The van der Waals surface area contributed by atoms with Crippen molar-refractivity contribution in [3.05, 3.63) is 94.8 Å². The minimum Gasteiger partial charge on any atom is -0.478 e. The number of oxazole rings is 1. The first-order chi connectivity index (χ1) is 17.8. The number of aryl methyl sites for hydroxylation is 1. The summed E-state index contributed by atoms with van der Waals surface area (Å²) in [6, 6.07) is 14.3. The Kier molecular flexibility index (Phi) is 6.10. The lowest BCUT2D eigenvalue weighted by Crippen LogP contribution is -2.30. The minimum atomic E-state index is -1.03. The Morgan fingerprint density at radius 2 is 1.81 bits per heavy atom. The van der Waals surface area contributed by atoms with Gasteiger partial charge in [-0.25, -0.2) is 19.3 Å². The minimum absolute atomic E-state index is 0.0648. The molecule has 0 aliphatic rings. The highest BCUT2D eigenvalue weighted by Gasteiger charge is 2.20. The Balaban J connectivity index is 1.33. The van der Waals surface area contributed by atoms with Gasteiger partial charge in [0.05, 0.1) is 17.8 Å². The lowest BCUT2D eigenvalue weighted by Gasteiger charge is -2.15. The summed E-state index contributed by atoms with van der Waals surface area (Å²) >= 11 is 0. The number of nitrogens with zero attached hydrogens (tertiary/aromatic N) is 4. The van der Waals surface area contributed by atoms with Crippen LogP contribution in [0.1, 0.15) is 61.3 Å². The van der Waals surface area contributed by atoms with Crippen LogP contribution in [0.15, 0.2) is 65.2 Å². The topological polar surface area (TPSA) is 152 Å². The van der Waals surface area contributed by atoms with Crippen LogP contribution in [0.2, 0.25) is 0 Å². The van der Waals surface area contributed by atoms with E-state index in [4.69, 9.17) is 9.52 Å². The molecule has 5 rings (SSSR count). The number of benzene rings is 2. The Morgan fingerprint density at radius 3 is 2.57 bits per heavy atom. The lowest BCUT2D eigenvalue weighted by atomic mass is 10.1. The zero-order valence-electron chi connectivity index (χ0n) is 19.9. The number of aromatic nitrogens is 4. The first-order valence-electron chi connectivity index (χ1n) is 11.4. The van der Waals surface area contributed by atoms with Crippen molar-refractivity contribution in [3.8, 4) is 0 Å². The monoisotopic (exact) mass is 498 g/mol. The lowest BCUT2D eigenvalue weighted by molar-refractivity contribution is 0.0696. The molecule has 37 heavy (non-hydrogen) atoms. The van der Waals surface area contributed by atoms with Crippen LogP contribution in [0.4, 0.5) is 0 Å². The number of hydrogen-bond donors (Lipinski definition) is 3. The molecule has 1 atom stereocenters. The summed E-state index contributed by atoms with van der Waals surface area (Å²) in [6.07, 6.45) is 1.49. The van der Waals surface area contributed by atoms with Gasteiger partial charge < -0.3 is 20.2 Å². The summed E-state index contributed by atoms with van der Waals surface area (Å²) in [7, 11) is 0. The van der Waals surface area contributed by atoms with Gasteiger partial charge in [-0.2, -0.15) is 5.10 Å². The standard InChI is InChI=1S/C26H22N6O5/c1-14(17-4-6-18(7-5-17)26(35)36)29-25(34)21-12-20(31-23-9-10-28-32(21)23)24(33)27-13-16-3-8-22-19(11-16)30-15(2)37-22/h3-12,14H,13H2,1-2H3,(H,27,33)(H,29,34)(H,35,36)/t14-/m0/s1. The van der Waals surface area contributed by atoms with Gasteiger partial charge in [0.1, 0.15) is 16.9 Å². The molecule has 0 radical (unpaired) electrons. The number of nitrogens with one attached hydrogen (secondary N) is 2. The Hall–Kier alpha value is -5.06. The fraction of sp³-hybridized carbons (Fsp3) is 0.154. The maximum absolute atomic E-state index is 13.2. The van der Waals surface area contributed by atoms with E-state index in [-0.39, 0.29) is 23.5 Å². The second-order valence-electron chi connectivity index (χ2n) is 8.47. The van der Waals surface area contributed by atoms with E-state index < -0.39 is 23.8 Å². The van der Waals surface area contributed by atoms with Gasteiger partial charge in [-0.3, -0.25) is 9.59 Å². The van der Waals surface area contributed by atoms with Crippen LogP contribution in [0, 0.1) is 6.92 Å². The highest BCUT2D eigenvalue weighted by atomic mass is 16.4. The van der Waals surface area contributed by atoms with Crippen molar-refractivity contribution in [2.75, 3.05) is 0 Å². The van der Waals surface area contributed by atoms with Crippen LogP contribution in [-0.2, 0) is 6.54 Å². The van der Waals surface area contributed by atoms with Crippen molar-refractivity contribution >= 4 is 34.5 Å². The van der Waals surface area contributed by atoms with Gasteiger partial charge in [-0.1, -0.05) is 18.2 Å². The Bertz CT molecular complexity index is 1650. The van der Waals surface area contributed by atoms with E-state index in [0.717, 1.165) is 11.1 Å². The van der Waals surface area contributed by atoms with E-state index in [1.54, 1.807) is 38.1 Å². The summed E-state index contributed by atoms with van der Waals surface area (Å²) < 4.78 is 6.83. The smallest absolute Gasteiger partial charge is 0.335 e. The number of carbonyl (C=O) groups excluding carboxylic acids is 2. The molecule has 0 saturated carbocycles.